The number of hydrogen-bond acceptors (Lipinski definition) is 6. The third-order valence-corrected chi connectivity index (χ3v) is 6.88. The van der Waals surface area contributed by atoms with Gasteiger partial charge in [-0.2, -0.15) is 4.80 Å². The van der Waals surface area contributed by atoms with Gasteiger partial charge in [-0.25, -0.2) is 4.39 Å². The lowest BCUT2D eigenvalue weighted by Crippen LogP contribution is -2.46. The third-order valence-electron chi connectivity index (χ3n) is 6.63. The first-order valence-electron chi connectivity index (χ1n) is 12.9. The highest BCUT2D eigenvalue weighted by atomic mass is 35.5. The lowest BCUT2D eigenvalue weighted by Gasteiger charge is -2.31. The van der Waals surface area contributed by atoms with Gasteiger partial charge < -0.3 is 10.1 Å². The van der Waals surface area contributed by atoms with E-state index in [-0.39, 0.29) is 30.2 Å². The van der Waals surface area contributed by atoms with Gasteiger partial charge in [0.15, 0.2) is 0 Å². The fourth-order valence-electron chi connectivity index (χ4n) is 4.54. The fraction of sp³-hybridized carbons (Fsp3) is 0.276. The van der Waals surface area contributed by atoms with Crippen LogP contribution in [-0.2, 0) is 20.9 Å². The molecule has 2 heterocycles. The van der Waals surface area contributed by atoms with E-state index < -0.39 is 11.9 Å². The Balaban J connectivity index is 1.47. The maximum atomic E-state index is 13.9. The van der Waals surface area contributed by atoms with Crippen molar-refractivity contribution < 1.29 is 18.7 Å². The molecule has 40 heavy (non-hydrogen) atoms. The lowest BCUT2D eigenvalue weighted by atomic mass is 10.0. The smallest absolute Gasteiger partial charge is 0.251 e. The monoisotopic (exact) mass is 562 g/mol. The first kappa shape index (κ1) is 27.4. The summed E-state index contributed by atoms with van der Waals surface area (Å²) >= 11 is 6.14. The molecule has 1 fully saturated rings. The van der Waals surface area contributed by atoms with Gasteiger partial charge in [-0.15, -0.1) is 10.2 Å². The lowest BCUT2D eigenvalue weighted by molar-refractivity contribution is -0.127. The minimum absolute atomic E-state index is 0.0634. The molecule has 1 aromatic heterocycles. The predicted octanol–water partition coefficient (Wildman–Crippen LogP) is 4.51. The molecule has 0 spiro atoms. The van der Waals surface area contributed by atoms with Crippen molar-refractivity contribution in [3.05, 3.63) is 94.8 Å². The van der Waals surface area contributed by atoms with Gasteiger partial charge in [0, 0.05) is 29.4 Å². The topological polar surface area (TPSA) is 102 Å². The van der Waals surface area contributed by atoms with Crippen LogP contribution in [0.4, 0.5) is 10.1 Å². The molecule has 1 aliphatic rings. The Hall–Kier alpha value is -4.15. The number of tetrazole rings is 1. The molecule has 2 amide bonds. The van der Waals surface area contributed by atoms with E-state index in [9.17, 15) is 14.0 Å². The molecule has 1 aliphatic heterocycles. The number of halogens is 2. The number of amides is 2. The van der Waals surface area contributed by atoms with Gasteiger partial charge in [0.25, 0.3) is 5.91 Å². The van der Waals surface area contributed by atoms with Crippen LogP contribution < -0.4 is 10.2 Å². The van der Waals surface area contributed by atoms with Gasteiger partial charge in [-0.3, -0.25) is 14.5 Å². The normalized spacial score (nSPS) is 15.5. The molecule has 206 valence electrons. The van der Waals surface area contributed by atoms with Crippen molar-refractivity contribution >= 4 is 29.1 Å². The molecule has 0 aliphatic carbocycles. The van der Waals surface area contributed by atoms with E-state index in [0.717, 1.165) is 23.2 Å². The summed E-state index contributed by atoms with van der Waals surface area (Å²) in [5.41, 5.74) is 2.69. The number of ether oxygens (including phenoxy) is 1. The summed E-state index contributed by atoms with van der Waals surface area (Å²) in [6.45, 7) is 2.67. The highest BCUT2D eigenvalue weighted by Gasteiger charge is 2.34. The van der Waals surface area contributed by atoms with Gasteiger partial charge >= 0.3 is 0 Å². The van der Waals surface area contributed by atoms with E-state index >= 15 is 0 Å². The molecule has 0 unspecified atom stereocenters. The molecular formula is C29H28ClFN6O3. The number of hydrogen-bond donors (Lipinski definition) is 1. The summed E-state index contributed by atoms with van der Waals surface area (Å²) < 4.78 is 19.0. The van der Waals surface area contributed by atoms with E-state index in [1.807, 2.05) is 31.2 Å². The molecule has 0 bridgehead atoms. The second-order valence-corrected chi connectivity index (χ2v) is 10.0. The number of benzene rings is 3. The second-order valence-electron chi connectivity index (χ2n) is 9.58. The molecule has 11 heteroatoms. The first-order chi connectivity index (χ1) is 19.4. The summed E-state index contributed by atoms with van der Waals surface area (Å²) in [6, 6.07) is 18.8. The van der Waals surface area contributed by atoms with Crippen LogP contribution in [0.2, 0.25) is 5.02 Å². The number of aromatic nitrogens is 4. The Bertz CT molecular complexity index is 1450. The molecule has 4 aromatic rings. The van der Waals surface area contributed by atoms with E-state index in [2.05, 4.69) is 20.7 Å². The summed E-state index contributed by atoms with van der Waals surface area (Å²) in [5.74, 6) is -0.926. The zero-order valence-electron chi connectivity index (χ0n) is 21.8. The van der Waals surface area contributed by atoms with Gasteiger partial charge in [0.1, 0.15) is 18.4 Å². The van der Waals surface area contributed by atoms with Crippen LogP contribution in [0.3, 0.4) is 0 Å². The Kier molecular flexibility index (Phi) is 8.47. The van der Waals surface area contributed by atoms with E-state index in [1.165, 1.54) is 29.2 Å². The molecule has 3 aromatic carbocycles. The van der Waals surface area contributed by atoms with E-state index in [1.54, 1.807) is 24.3 Å². The van der Waals surface area contributed by atoms with Crippen LogP contribution >= 0.6 is 11.6 Å². The number of carbonyl (C=O) groups excluding carboxylic acids is 2. The Morgan fingerprint density at radius 3 is 2.50 bits per heavy atom. The van der Waals surface area contributed by atoms with Crippen LogP contribution in [0, 0.1) is 12.7 Å². The average Bonchev–Trinajstić information content (AvgIpc) is 3.65. The predicted molar refractivity (Wildman–Crippen MR) is 148 cm³/mol. The number of rotatable bonds is 9. The molecule has 2 atom stereocenters. The quantitative estimate of drug-likeness (QED) is 0.322. The zero-order valence-corrected chi connectivity index (χ0v) is 22.6. The van der Waals surface area contributed by atoms with Crippen molar-refractivity contribution in [3.63, 3.8) is 0 Å². The Morgan fingerprint density at radius 2 is 1.82 bits per heavy atom. The SMILES string of the molecule is Cc1ccc([C@H](C(=O)NC[C@@H]2CCCO2)N(C(=O)Cn2nnc(-c3ccc(F)cc3)n2)c2ccc(Cl)cc2)cc1. The van der Waals surface area contributed by atoms with Crippen molar-refractivity contribution in [2.24, 2.45) is 0 Å². The Labute approximate surface area is 235 Å². The van der Waals surface area contributed by atoms with Crippen molar-refractivity contribution in [2.75, 3.05) is 18.1 Å². The Morgan fingerprint density at radius 1 is 1.10 bits per heavy atom. The average molecular weight is 563 g/mol. The van der Waals surface area contributed by atoms with Crippen LogP contribution in [-0.4, -0.2) is 51.3 Å². The first-order valence-corrected chi connectivity index (χ1v) is 13.3. The van der Waals surface area contributed by atoms with Crippen molar-refractivity contribution in [3.8, 4) is 11.4 Å². The van der Waals surface area contributed by atoms with Crippen LogP contribution in [0.1, 0.15) is 30.0 Å². The largest absolute Gasteiger partial charge is 0.376 e. The molecule has 1 saturated heterocycles. The van der Waals surface area contributed by atoms with Crippen molar-refractivity contribution in [1.29, 1.82) is 0 Å². The fourth-order valence-corrected chi connectivity index (χ4v) is 4.67. The van der Waals surface area contributed by atoms with Gasteiger partial charge in [0.2, 0.25) is 11.7 Å². The molecule has 1 N–H and O–H groups in total. The van der Waals surface area contributed by atoms with Gasteiger partial charge in [0.05, 0.1) is 6.10 Å². The van der Waals surface area contributed by atoms with Gasteiger partial charge in [-0.1, -0.05) is 41.4 Å². The van der Waals surface area contributed by atoms with Crippen molar-refractivity contribution in [2.45, 2.75) is 38.5 Å². The second kappa shape index (κ2) is 12.4. The standard InChI is InChI=1S/C29H28ClFN6O3/c1-19-4-6-20(7-5-19)27(29(39)32-17-25-3-2-16-40-25)37(24-14-10-22(30)11-15-24)26(38)18-36-34-28(33-35-36)21-8-12-23(31)13-9-21/h4-15,25,27H,2-3,16-18H2,1H3,(H,32,39)/t25-,27+/m0/s1. The molecule has 0 radical (unpaired) electrons. The minimum Gasteiger partial charge on any atom is -0.376 e. The third kappa shape index (κ3) is 6.52. The van der Waals surface area contributed by atoms with Crippen LogP contribution in [0.15, 0.2) is 72.8 Å². The minimum atomic E-state index is -0.990. The van der Waals surface area contributed by atoms with Gasteiger partial charge in [-0.05, 0) is 79.1 Å². The summed E-state index contributed by atoms with van der Waals surface area (Å²) in [4.78, 5) is 30.3. The van der Waals surface area contributed by atoms with E-state index in [0.29, 0.717) is 35.0 Å². The van der Waals surface area contributed by atoms with Crippen LogP contribution in [0.25, 0.3) is 11.4 Å². The number of nitrogens with one attached hydrogen (secondary N) is 1. The summed E-state index contributed by atoms with van der Waals surface area (Å²) in [5, 5.41) is 15.8. The highest BCUT2D eigenvalue weighted by molar-refractivity contribution is 6.30. The highest BCUT2D eigenvalue weighted by Crippen LogP contribution is 2.30. The summed E-state index contributed by atoms with van der Waals surface area (Å²) in [7, 11) is 0. The molecular weight excluding hydrogens is 535 g/mol. The maximum absolute atomic E-state index is 13.9. The summed E-state index contributed by atoms with van der Waals surface area (Å²) in [6.07, 6.45) is 1.75. The van der Waals surface area contributed by atoms with Crippen molar-refractivity contribution in [1.82, 2.24) is 25.5 Å². The zero-order chi connectivity index (χ0) is 28.1. The number of anilines is 1. The van der Waals surface area contributed by atoms with E-state index in [4.69, 9.17) is 16.3 Å². The maximum Gasteiger partial charge on any atom is 0.251 e. The van der Waals surface area contributed by atoms with Crippen LogP contribution in [0.5, 0.6) is 0 Å². The number of nitrogens with zero attached hydrogens (tertiary/aromatic N) is 5. The molecule has 0 saturated carbocycles. The number of aryl methyl sites for hydroxylation is 1. The molecule has 5 rings (SSSR count). The molecule has 9 nitrogen and oxygen atoms in total. The number of carbonyl (C=O) groups is 2.